The van der Waals surface area contributed by atoms with Crippen molar-refractivity contribution in [2.24, 2.45) is 0 Å². The SMILES string of the molecule is COc1cc(OC)c(NC(=O)CCc2nn[nH]n2)c(OC)c1. The number of hydrogen-bond acceptors (Lipinski definition) is 7. The summed E-state index contributed by atoms with van der Waals surface area (Å²) in [4.78, 5) is 12.1. The maximum atomic E-state index is 12.1. The van der Waals surface area contributed by atoms with Crippen molar-refractivity contribution in [3.05, 3.63) is 18.0 Å². The lowest BCUT2D eigenvalue weighted by molar-refractivity contribution is -0.116. The van der Waals surface area contributed by atoms with Crippen LogP contribution in [-0.4, -0.2) is 47.9 Å². The molecule has 0 atom stereocenters. The van der Waals surface area contributed by atoms with Crippen molar-refractivity contribution in [3.8, 4) is 17.2 Å². The highest BCUT2D eigenvalue weighted by atomic mass is 16.5. The zero-order valence-electron chi connectivity index (χ0n) is 12.5. The second-order valence-electron chi connectivity index (χ2n) is 4.28. The highest BCUT2D eigenvalue weighted by Crippen LogP contribution is 2.38. The molecule has 0 spiro atoms. The van der Waals surface area contributed by atoms with E-state index in [9.17, 15) is 4.79 Å². The van der Waals surface area contributed by atoms with Gasteiger partial charge in [0.1, 0.15) is 22.9 Å². The molecule has 0 saturated heterocycles. The van der Waals surface area contributed by atoms with Gasteiger partial charge in [-0.05, 0) is 0 Å². The first kappa shape index (κ1) is 15.5. The van der Waals surface area contributed by atoms with Crippen LogP contribution in [0.2, 0.25) is 0 Å². The Labute approximate surface area is 127 Å². The Hall–Kier alpha value is -2.84. The monoisotopic (exact) mass is 307 g/mol. The van der Waals surface area contributed by atoms with E-state index in [0.717, 1.165) is 0 Å². The Balaban J connectivity index is 2.11. The molecule has 1 aromatic heterocycles. The third-order valence-electron chi connectivity index (χ3n) is 2.94. The number of carbonyl (C=O) groups is 1. The number of carbonyl (C=O) groups excluding carboxylic acids is 1. The molecule has 0 radical (unpaired) electrons. The molecule has 1 amide bonds. The Bertz CT molecular complexity index is 604. The predicted octanol–water partition coefficient (Wildman–Crippen LogP) is 0.797. The number of nitrogens with one attached hydrogen (secondary N) is 2. The van der Waals surface area contributed by atoms with Crippen LogP contribution in [0.4, 0.5) is 5.69 Å². The molecule has 0 aliphatic carbocycles. The molecule has 0 unspecified atom stereocenters. The quantitative estimate of drug-likeness (QED) is 0.778. The number of nitrogens with zero attached hydrogens (tertiary/aromatic N) is 3. The van der Waals surface area contributed by atoms with Crippen LogP contribution in [0.15, 0.2) is 12.1 Å². The number of tetrazole rings is 1. The van der Waals surface area contributed by atoms with Gasteiger partial charge in [-0.2, -0.15) is 5.21 Å². The van der Waals surface area contributed by atoms with Gasteiger partial charge in [0, 0.05) is 25.0 Å². The first-order chi connectivity index (χ1) is 10.7. The van der Waals surface area contributed by atoms with E-state index in [-0.39, 0.29) is 12.3 Å². The number of aromatic amines is 1. The summed E-state index contributed by atoms with van der Waals surface area (Å²) in [6.45, 7) is 0. The Morgan fingerprint density at radius 2 is 1.86 bits per heavy atom. The average molecular weight is 307 g/mol. The third-order valence-corrected chi connectivity index (χ3v) is 2.94. The maximum absolute atomic E-state index is 12.1. The van der Waals surface area contributed by atoms with Crippen molar-refractivity contribution in [2.75, 3.05) is 26.6 Å². The summed E-state index contributed by atoms with van der Waals surface area (Å²) < 4.78 is 15.7. The van der Waals surface area contributed by atoms with Gasteiger partial charge < -0.3 is 19.5 Å². The largest absolute Gasteiger partial charge is 0.496 e. The molecule has 9 heteroatoms. The smallest absolute Gasteiger partial charge is 0.225 e. The van der Waals surface area contributed by atoms with E-state index in [1.54, 1.807) is 12.1 Å². The number of benzene rings is 1. The van der Waals surface area contributed by atoms with Crippen LogP contribution >= 0.6 is 0 Å². The lowest BCUT2D eigenvalue weighted by Gasteiger charge is -2.15. The van der Waals surface area contributed by atoms with Crippen LogP contribution in [0.1, 0.15) is 12.2 Å². The molecule has 9 nitrogen and oxygen atoms in total. The molecule has 1 aromatic carbocycles. The number of aromatic nitrogens is 4. The first-order valence-electron chi connectivity index (χ1n) is 6.50. The minimum Gasteiger partial charge on any atom is -0.496 e. The number of aryl methyl sites for hydroxylation is 1. The molecule has 118 valence electrons. The lowest BCUT2D eigenvalue weighted by atomic mass is 10.2. The molecule has 0 saturated carbocycles. The normalized spacial score (nSPS) is 10.1. The fourth-order valence-corrected chi connectivity index (χ4v) is 1.84. The van der Waals surface area contributed by atoms with Crippen molar-refractivity contribution in [3.63, 3.8) is 0 Å². The fourth-order valence-electron chi connectivity index (χ4n) is 1.84. The molecule has 2 rings (SSSR count). The minimum atomic E-state index is -0.216. The number of rotatable bonds is 7. The number of ether oxygens (including phenoxy) is 3. The van der Waals surface area contributed by atoms with Crippen LogP contribution < -0.4 is 19.5 Å². The van der Waals surface area contributed by atoms with Crippen LogP contribution in [0.5, 0.6) is 17.2 Å². The van der Waals surface area contributed by atoms with Gasteiger partial charge >= 0.3 is 0 Å². The summed E-state index contributed by atoms with van der Waals surface area (Å²) >= 11 is 0. The highest BCUT2D eigenvalue weighted by Gasteiger charge is 2.16. The summed E-state index contributed by atoms with van der Waals surface area (Å²) in [5, 5.41) is 16.1. The summed E-state index contributed by atoms with van der Waals surface area (Å²) in [6.07, 6.45) is 0.584. The minimum absolute atomic E-state index is 0.206. The average Bonchev–Trinajstić information content (AvgIpc) is 3.06. The number of methoxy groups -OCH3 is 3. The number of anilines is 1. The van der Waals surface area contributed by atoms with Crippen LogP contribution in [0.3, 0.4) is 0 Å². The van der Waals surface area contributed by atoms with Gasteiger partial charge in [-0.25, -0.2) is 0 Å². The predicted molar refractivity (Wildman–Crippen MR) is 77.2 cm³/mol. The number of H-pyrrole nitrogens is 1. The number of amides is 1. The van der Waals surface area contributed by atoms with E-state index >= 15 is 0 Å². The summed E-state index contributed by atoms with van der Waals surface area (Å²) in [6, 6.07) is 3.33. The summed E-state index contributed by atoms with van der Waals surface area (Å²) in [7, 11) is 4.55. The second kappa shape index (κ2) is 7.25. The molecule has 22 heavy (non-hydrogen) atoms. The van der Waals surface area contributed by atoms with E-state index in [4.69, 9.17) is 14.2 Å². The Morgan fingerprint density at radius 1 is 1.18 bits per heavy atom. The molecule has 1 heterocycles. The highest BCUT2D eigenvalue weighted by molar-refractivity contribution is 5.94. The van der Waals surface area contributed by atoms with Crippen molar-refractivity contribution < 1.29 is 19.0 Å². The standard InChI is InChI=1S/C13H17N5O4/c1-20-8-6-9(21-2)13(10(7-8)22-3)14-12(19)5-4-11-15-17-18-16-11/h6-7H,4-5H2,1-3H3,(H,14,19)(H,15,16,17,18). The molecule has 0 bridgehead atoms. The molecule has 0 aliphatic heterocycles. The van der Waals surface area contributed by atoms with Gasteiger partial charge in [0.25, 0.3) is 0 Å². The zero-order chi connectivity index (χ0) is 15.9. The summed E-state index contributed by atoms with van der Waals surface area (Å²) in [5.41, 5.74) is 0.448. The van der Waals surface area contributed by atoms with E-state index < -0.39 is 0 Å². The molecule has 0 fully saturated rings. The van der Waals surface area contributed by atoms with Crippen molar-refractivity contribution in [1.29, 1.82) is 0 Å². The van der Waals surface area contributed by atoms with Gasteiger partial charge in [-0.3, -0.25) is 4.79 Å². The van der Waals surface area contributed by atoms with E-state index in [2.05, 4.69) is 25.9 Å². The van der Waals surface area contributed by atoms with Gasteiger partial charge in [0.05, 0.1) is 21.3 Å². The van der Waals surface area contributed by atoms with Crippen LogP contribution in [-0.2, 0) is 11.2 Å². The van der Waals surface area contributed by atoms with Crippen molar-refractivity contribution in [2.45, 2.75) is 12.8 Å². The van der Waals surface area contributed by atoms with Crippen LogP contribution in [0.25, 0.3) is 0 Å². The van der Waals surface area contributed by atoms with Crippen molar-refractivity contribution in [1.82, 2.24) is 20.6 Å². The molecule has 0 aliphatic rings. The Kier molecular flexibility index (Phi) is 5.12. The lowest BCUT2D eigenvalue weighted by Crippen LogP contribution is -2.14. The van der Waals surface area contributed by atoms with E-state index in [0.29, 0.717) is 35.2 Å². The van der Waals surface area contributed by atoms with E-state index in [1.165, 1.54) is 21.3 Å². The van der Waals surface area contributed by atoms with E-state index in [1.807, 2.05) is 0 Å². The molecular weight excluding hydrogens is 290 g/mol. The topological polar surface area (TPSA) is 111 Å². The fraction of sp³-hybridized carbons (Fsp3) is 0.385. The Morgan fingerprint density at radius 3 is 2.36 bits per heavy atom. The van der Waals surface area contributed by atoms with Gasteiger partial charge in [0.15, 0.2) is 5.82 Å². The molecule has 2 N–H and O–H groups in total. The van der Waals surface area contributed by atoms with Crippen molar-refractivity contribution >= 4 is 11.6 Å². The molecule has 2 aromatic rings. The zero-order valence-corrected chi connectivity index (χ0v) is 12.5. The second-order valence-corrected chi connectivity index (χ2v) is 4.28. The summed E-state index contributed by atoms with van der Waals surface area (Å²) in [5.74, 6) is 1.72. The maximum Gasteiger partial charge on any atom is 0.225 e. The van der Waals surface area contributed by atoms with Crippen LogP contribution in [0, 0.1) is 0 Å². The number of hydrogen-bond donors (Lipinski definition) is 2. The van der Waals surface area contributed by atoms with Gasteiger partial charge in [-0.15, -0.1) is 10.2 Å². The first-order valence-corrected chi connectivity index (χ1v) is 6.50. The van der Waals surface area contributed by atoms with Gasteiger partial charge in [-0.1, -0.05) is 5.21 Å². The van der Waals surface area contributed by atoms with Gasteiger partial charge in [0.2, 0.25) is 5.91 Å². The molecular formula is C13H17N5O4. The third kappa shape index (κ3) is 3.62.